The number of carbonyl (C=O) groups excluding carboxylic acids is 1. The molecule has 1 amide bonds. The number of allylic oxidation sites excluding steroid dienone is 1. The molecule has 1 aromatic rings. The minimum absolute atomic E-state index is 0.0368. The van der Waals surface area contributed by atoms with E-state index in [-0.39, 0.29) is 16.8 Å². The molecule has 136 valence electrons. The second-order valence-electron chi connectivity index (χ2n) is 6.65. The number of amides is 1. The molecule has 0 saturated heterocycles. The molecule has 1 saturated carbocycles. The molecular weight excluding hydrogens is 404 g/mol. The number of nitrogens with one attached hydrogen (secondary N) is 2. The highest BCUT2D eigenvalue weighted by molar-refractivity contribution is 9.10. The van der Waals surface area contributed by atoms with Crippen LogP contribution in [0.4, 0.5) is 0 Å². The molecule has 2 aliphatic carbocycles. The van der Waals surface area contributed by atoms with Gasteiger partial charge in [-0.2, -0.15) is 0 Å². The van der Waals surface area contributed by atoms with Crippen LogP contribution in [-0.4, -0.2) is 26.9 Å². The highest BCUT2D eigenvalue weighted by atomic mass is 79.9. The smallest absolute Gasteiger partial charge is 0.252 e. The molecule has 0 aromatic heterocycles. The summed E-state index contributed by atoms with van der Waals surface area (Å²) >= 11 is 3.34. The van der Waals surface area contributed by atoms with Crippen molar-refractivity contribution >= 4 is 31.9 Å². The van der Waals surface area contributed by atoms with Gasteiger partial charge >= 0.3 is 0 Å². The zero-order valence-corrected chi connectivity index (χ0v) is 16.5. The fraction of sp³-hybridized carbons (Fsp3) is 0.500. The predicted molar refractivity (Wildman–Crippen MR) is 101 cm³/mol. The van der Waals surface area contributed by atoms with Crippen LogP contribution in [0.15, 0.2) is 39.2 Å². The van der Waals surface area contributed by atoms with Crippen molar-refractivity contribution in [2.24, 2.45) is 0 Å². The zero-order chi connectivity index (χ0) is 17.9. The third-order valence-electron chi connectivity index (χ3n) is 4.51. The Kier molecular flexibility index (Phi) is 5.96. The number of hydrogen-bond donors (Lipinski definition) is 2. The van der Waals surface area contributed by atoms with E-state index in [9.17, 15) is 13.2 Å². The number of hydrogen-bond acceptors (Lipinski definition) is 3. The Labute approximate surface area is 157 Å². The van der Waals surface area contributed by atoms with E-state index in [2.05, 4.69) is 32.0 Å². The Bertz CT molecular complexity index is 786. The Balaban J connectivity index is 1.64. The summed E-state index contributed by atoms with van der Waals surface area (Å²) in [4.78, 5) is 12.6. The fourth-order valence-corrected chi connectivity index (χ4v) is 4.66. The second kappa shape index (κ2) is 8.01. The number of benzene rings is 1. The normalized spacial score (nSPS) is 17.9. The molecule has 1 aromatic carbocycles. The molecule has 2 aliphatic rings. The molecule has 3 rings (SSSR count). The Hall–Kier alpha value is -1.18. The lowest BCUT2D eigenvalue weighted by Crippen LogP contribution is -2.28. The molecule has 0 spiro atoms. The van der Waals surface area contributed by atoms with E-state index >= 15 is 0 Å². The highest BCUT2D eigenvalue weighted by Gasteiger charge is 2.28. The minimum Gasteiger partial charge on any atom is -0.352 e. The highest BCUT2D eigenvalue weighted by Crippen LogP contribution is 2.25. The van der Waals surface area contributed by atoms with Crippen LogP contribution in [0, 0.1) is 0 Å². The van der Waals surface area contributed by atoms with Gasteiger partial charge in [-0.3, -0.25) is 4.79 Å². The van der Waals surface area contributed by atoms with Crippen molar-refractivity contribution in [1.29, 1.82) is 0 Å². The van der Waals surface area contributed by atoms with E-state index < -0.39 is 10.0 Å². The third kappa shape index (κ3) is 5.15. The van der Waals surface area contributed by atoms with Crippen LogP contribution in [0.2, 0.25) is 0 Å². The van der Waals surface area contributed by atoms with Gasteiger partial charge in [0.15, 0.2) is 0 Å². The molecule has 7 heteroatoms. The number of sulfonamides is 1. The molecule has 0 radical (unpaired) electrons. The average Bonchev–Trinajstić information content (AvgIpc) is 3.39. The quantitative estimate of drug-likeness (QED) is 0.654. The van der Waals surface area contributed by atoms with E-state index in [0.717, 1.165) is 32.1 Å². The molecule has 0 atom stereocenters. The summed E-state index contributed by atoms with van der Waals surface area (Å²) in [6, 6.07) is 4.59. The van der Waals surface area contributed by atoms with Gasteiger partial charge in [-0.25, -0.2) is 13.1 Å². The average molecular weight is 427 g/mol. The summed E-state index contributed by atoms with van der Waals surface area (Å²) in [5.74, 6) is -0.258. The lowest BCUT2D eigenvalue weighted by molar-refractivity contribution is 0.0953. The van der Waals surface area contributed by atoms with Crippen molar-refractivity contribution in [3.05, 3.63) is 39.9 Å². The van der Waals surface area contributed by atoms with Crippen LogP contribution in [0.3, 0.4) is 0 Å². The maximum Gasteiger partial charge on any atom is 0.252 e. The SMILES string of the molecule is O=C(NCCC1=CCCCC1)c1cc(S(=O)(=O)NC2CC2)ccc1Br. The monoisotopic (exact) mass is 426 g/mol. The van der Waals surface area contributed by atoms with E-state index in [1.165, 1.54) is 30.5 Å². The Morgan fingerprint density at radius 3 is 2.72 bits per heavy atom. The topological polar surface area (TPSA) is 75.3 Å². The van der Waals surface area contributed by atoms with Gasteiger partial charge in [-0.05, 0) is 79.1 Å². The van der Waals surface area contributed by atoms with Crippen molar-refractivity contribution in [1.82, 2.24) is 10.0 Å². The number of rotatable bonds is 7. The zero-order valence-electron chi connectivity index (χ0n) is 14.1. The van der Waals surface area contributed by atoms with E-state index in [1.807, 2.05) is 0 Å². The summed E-state index contributed by atoms with van der Waals surface area (Å²) < 4.78 is 27.9. The van der Waals surface area contributed by atoms with Gasteiger partial charge < -0.3 is 5.32 Å². The van der Waals surface area contributed by atoms with Crippen LogP contribution in [-0.2, 0) is 10.0 Å². The maximum atomic E-state index is 12.4. The van der Waals surface area contributed by atoms with Crippen molar-refractivity contribution in [2.75, 3.05) is 6.54 Å². The van der Waals surface area contributed by atoms with Crippen LogP contribution >= 0.6 is 15.9 Å². The van der Waals surface area contributed by atoms with Crippen molar-refractivity contribution in [2.45, 2.75) is 55.9 Å². The summed E-state index contributed by atoms with van der Waals surface area (Å²) in [6.07, 6.45) is 9.58. The first-order valence-electron chi connectivity index (χ1n) is 8.74. The summed E-state index contributed by atoms with van der Waals surface area (Å²) in [7, 11) is -3.57. The van der Waals surface area contributed by atoms with E-state index in [1.54, 1.807) is 6.07 Å². The Morgan fingerprint density at radius 1 is 1.24 bits per heavy atom. The van der Waals surface area contributed by atoms with Gasteiger partial charge in [0.25, 0.3) is 5.91 Å². The molecule has 0 aliphatic heterocycles. The first-order valence-corrected chi connectivity index (χ1v) is 11.0. The van der Waals surface area contributed by atoms with Crippen LogP contribution < -0.4 is 10.0 Å². The van der Waals surface area contributed by atoms with Gasteiger partial charge in [0.2, 0.25) is 10.0 Å². The molecule has 25 heavy (non-hydrogen) atoms. The van der Waals surface area contributed by atoms with Crippen LogP contribution in [0.25, 0.3) is 0 Å². The maximum absolute atomic E-state index is 12.4. The molecule has 2 N–H and O–H groups in total. The Morgan fingerprint density at radius 2 is 2.04 bits per heavy atom. The van der Waals surface area contributed by atoms with Gasteiger partial charge in [0.05, 0.1) is 10.5 Å². The first kappa shape index (κ1) is 18.6. The second-order valence-corrected chi connectivity index (χ2v) is 9.22. The molecule has 0 unspecified atom stereocenters. The minimum atomic E-state index is -3.57. The largest absolute Gasteiger partial charge is 0.352 e. The van der Waals surface area contributed by atoms with E-state index in [4.69, 9.17) is 0 Å². The van der Waals surface area contributed by atoms with E-state index in [0.29, 0.717) is 16.6 Å². The predicted octanol–water partition coefficient (Wildman–Crippen LogP) is 3.51. The lowest BCUT2D eigenvalue weighted by Gasteiger charge is -2.13. The number of halogens is 1. The molecule has 5 nitrogen and oxygen atoms in total. The third-order valence-corrected chi connectivity index (χ3v) is 6.72. The van der Waals surface area contributed by atoms with Crippen molar-refractivity contribution in [3.8, 4) is 0 Å². The summed E-state index contributed by atoms with van der Waals surface area (Å²) in [5, 5.41) is 2.89. The molecular formula is C18H23BrN2O3S. The molecule has 0 bridgehead atoms. The van der Waals surface area contributed by atoms with Gasteiger partial charge in [0, 0.05) is 17.1 Å². The van der Waals surface area contributed by atoms with Crippen LogP contribution in [0.1, 0.15) is 55.3 Å². The molecule has 1 fully saturated rings. The van der Waals surface area contributed by atoms with Crippen molar-refractivity contribution < 1.29 is 13.2 Å². The summed E-state index contributed by atoms with van der Waals surface area (Å²) in [6.45, 7) is 0.564. The van der Waals surface area contributed by atoms with Crippen LogP contribution in [0.5, 0.6) is 0 Å². The summed E-state index contributed by atoms with van der Waals surface area (Å²) in [5.41, 5.74) is 1.74. The number of carbonyl (C=O) groups is 1. The van der Waals surface area contributed by atoms with Gasteiger partial charge in [-0.15, -0.1) is 0 Å². The van der Waals surface area contributed by atoms with Gasteiger partial charge in [0.1, 0.15) is 0 Å². The first-order chi connectivity index (χ1) is 12.0. The molecule has 0 heterocycles. The standard InChI is InChI=1S/C18H23BrN2O3S/c19-17-9-8-15(25(23,24)21-14-6-7-14)12-16(17)18(22)20-11-10-13-4-2-1-3-5-13/h4,8-9,12,14,21H,1-3,5-7,10-11H2,(H,20,22). The van der Waals surface area contributed by atoms with Gasteiger partial charge in [-0.1, -0.05) is 11.6 Å². The fourth-order valence-electron chi connectivity index (χ4n) is 2.90. The lowest BCUT2D eigenvalue weighted by atomic mass is 9.97. The van der Waals surface area contributed by atoms with Crippen molar-refractivity contribution in [3.63, 3.8) is 0 Å².